The minimum atomic E-state index is -1.22. The van der Waals surface area contributed by atoms with Gasteiger partial charge in [0.2, 0.25) is 0 Å². The lowest BCUT2D eigenvalue weighted by atomic mass is 10.1. The largest absolute Gasteiger partial charge is 0.463 e. The van der Waals surface area contributed by atoms with Crippen LogP contribution in [0.1, 0.15) is 56.6 Å². The van der Waals surface area contributed by atoms with Crippen molar-refractivity contribution < 1.29 is 14.7 Å². The number of rotatable bonds is 8. The van der Waals surface area contributed by atoms with Crippen LogP contribution in [0.5, 0.6) is 0 Å². The average Bonchev–Trinajstić information content (AvgIpc) is 2.47. The van der Waals surface area contributed by atoms with Gasteiger partial charge in [-0.15, -0.1) is 0 Å². The number of nitrogens with two attached hydrogens (primary N) is 1. The van der Waals surface area contributed by atoms with Crippen molar-refractivity contribution in [3.05, 3.63) is 29.3 Å². The molecule has 0 aliphatic heterocycles. The second-order valence-corrected chi connectivity index (χ2v) is 6.17. The first kappa shape index (κ1) is 19.8. The number of aryl methyl sites for hydroxylation is 2. The summed E-state index contributed by atoms with van der Waals surface area (Å²) in [6.45, 7) is 6.22. The van der Waals surface area contributed by atoms with Crippen LogP contribution in [0, 0.1) is 13.8 Å². The van der Waals surface area contributed by atoms with E-state index in [4.69, 9.17) is 5.73 Å². The molecule has 0 aliphatic carbocycles. The molecule has 0 aromatic heterocycles. The number of primary amides is 1. The summed E-state index contributed by atoms with van der Waals surface area (Å²) in [6.07, 6.45) is 5.07. The van der Waals surface area contributed by atoms with Crippen molar-refractivity contribution in [2.45, 2.75) is 59.3 Å². The van der Waals surface area contributed by atoms with Crippen molar-refractivity contribution in [1.29, 1.82) is 0 Å². The van der Waals surface area contributed by atoms with E-state index in [2.05, 4.69) is 6.92 Å². The molecule has 0 radical (unpaired) electrons. The number of carbonyl (C=O) groups is 2. The molecule has 0 atom stereocenters. The third kappa shape index (κ3) is 6.10. The van der Waals surface area contributed by atoms with Crippen LogP contribution in [0.4, 0.5) is 15.3 Å². The van der Waals surface area contributed by atoms with Crippen LogP contribution in [-0.4, -0.2) is 28.8 Å². The number of hydrogen-bond donors (Lipinski definition) is 2. The molecule has 1 aromatic rings. The molecular weight excluding hydrogens is 306 g/mol. The van der Waals surface area contributed by atoms with Gasteiger partial charge >= 0.3 is 12.1 Å². The van der Waals surface area contributed by atoms with Crippen LogP contribution >= 0.6 is 0 Å². The van der Waals surface area contributed by atoms with Crippen molar-refractivity contribution in [3.8, 4) is 0 Å². The van der Waals surface area contributed by atoms with E-state index in [1.807, 2.05) is 19.9 Å². The van der Waals surface area contributed by atoms with E-state index in [9.17, 15) is 14.7 Å². The zero-order valence-corrected chi connectivity index (χ0v) is 14.9. The highest BCUT2D eigenvalue weighted by atomic mass is 16.4. The molecule has 6 heteroatoms. The minimum absolute atomic E-state index is 0.292. The Morgan fingerprint density at radius 2 is 1.54 bits per heavy atom. The van der Waals surface area contributed by atoms with Gasteiger partial charge in [0.05, 0.1) is 5.69 Å². The molecule has 0 saturated carbocycles. The van der Waals surface area contributed by atoms with E-state index < -0.39 is 12.1 Å². The number of anilines is 1. The van der Waals surface area contributed by atoms with Gasteiger partial charge in [0.25, 0.3) is 0 Å². The maximum absolute atomic E-state index is 11.8. The molecule has 3 amide bonds. The minimum Gasteiger partial charge on any atom is -0.463 e. The van der Waals surface area contributed by atoms with Gasteiger partial charge in [0.1, 0.15) is 0 Å². The summed E-state index contributed by atoms with van der Waals surface area (Å²) in [5, 5.41) is 11.6. The van der Waals surface area contributed by atoms with Crippen molar-refractivity contribution in [2.75, 3.05) is 11.6 Å². The van der Waals surface area contributed by atoms with Gasteiger partial charge in [-0.2, -0.15) is 5.01 Å². The Kier molecular flexibility index (Phi) is 8.09. The van der Waals surface area contributed by atoms with E-state index in [0.29, 0.717) is 12.2 Å². The first-order valence-corrected chi connectivity index (χ1v) is 8.55. The highest BCUT2D eigenvalue weighted by Crippen LogP contribution is 2.21. The zero-order chi connectivity index (χ0) is 18.1. The number of hydrogen-bond acceptors (Lipinski definition) is 2. The number of urea groups is 1. The summed E-state index contributed by atoms with van der Waals surface area (Å²) < 4.78 is 0. The van der Waals surface area contributed by atoms with Gasteiger partial charge in [0, 0.05) is 6.54 Å². The van der Waals surface area contributed by atoms with Crippen LogP contribution in [0.3, 0.4) is 0 Å². The predicted molar refractivity (Wildman–Crippen MR) is 96.1 cm³/mol. The fraction of sp³-hybridized carbons (Fsp3) is 0.556. The predicted octanol–water partition coefficient (Wildman–Crippen LogP) is 4.44. The highest BCUT2D eigenvalue weighted by Gasteiger charge is 2.25. The second-order valence-electron chi connectivity index (χ2n) is 6.17. The molecule has 0 bridgehead atoms. The molecule has 134 valence electrons. The van der Waals surface area contributed by atoms with E-state index >= 15 is 0 Å². The Morgan fingerprint density at radius 3 is 2.04 bits per heavy atom. The highest BCUT2D eigenvalue weighted by molar-refractivity contribution is 5.90. The third-order valence-electron chi connectivity index (χ3n) is 3.85. The molecular formula is C18H29N3O3. The van der Waals surface area contributed by atoms with E-state index in [1.54, 1.807) is 12.1 Å². The first-order valence-electron chi connectivity index (χ1n) is 8.55. The van der Waals surface area contributed by atoms with E-state index in [-0.39, 0.29) is 0 Å². The van der Waals surface area contributed by atoms with Crippen LogP contribution in [0.2, 0.25) is 0 Å². The van der Waals surface area contributed by atoms with Crippen LogP contribution in [0.15, 0.2) is 18.2 Å². The second kappa shape index (κ2) is 9.80. The molecule has 0 aliphatic rings. The molecule has 0 fully saturated rings. The van der Waals surface area contributed by atoms with Crippen LogP contribution in [0.25, 0.3) is 0 Å². The molecule has 6 nitrogen and oxygen atoms in total. The van der Waals surface area contributed by atoms with Crippen molar-refractivity contribution >= 4 is 17.8 Å². The fourth-order valence-corrected chi connectivity index (χ4v) is 2.78. The van der Waals surface area contributed by atoms with E-state index in [1.165, 1.54) is 12.8 Å². The normalized spacial score (nSPS) is 10.5. The average molecular weight is 335 g/mol. The number of amides is 3. The quantitative estimate of drug-likeness (QED) is 0.543. The monoisotopic (exact) mass is 335 g/mol. The lowest BCUT2D eigenvalue weighted by Gasteiger charge is -2.31. The van der Waals surface area contributed by atoms with Gasteiger partial charge in [-0.1, -0.05) is 45.1 Å². The Labute approximate surface area is 144 Å². The van der Waals surface area contributed by atoms with Gasteiger partial charge in [0.15, 0.2) is 0 Å². The number of nitrogens with zero attached hydrogens (tertiary/aromatic N) is 2. The van der Waals surface area contributed by atoms with Gasteiger partial charge in [-0.3, -0.25) is 0 Å². The zero-order valence-electron chi connectivity index (χ0n) is 14.9. The van der Waals surface area contributed by atoms with Gasteiger partial charge < -0.3 is 10.8 Å². The Balaban J connectivity index is 2.84. The molecule has 24 heavy (non-hydrogen) atoms. The molecule has 0 unspecified atom stereocenters. The third-order valence-corrected chi connectivity index (χ3v) is 3.85. The first-order chi connectivity index (χ1) is 11.4. The number of benzene rings is 1. The summed E-state index contributed by atoms with van der Waals surface area (Å²) >= 11 is 0. The van der Waals surface area contributed by atoms with E-state index in [0.717, 1.165) is 46.8 Å². The maximum Gasteiger partial charge on any atom is 0.431 e. The van der Waals surface area contributed by atoms with Crippen molar-refractivity contribution in [3.63, 3.8) is 0 Å². The van der Waals surface area contributed by atoms with Crippen LogP contribution < -0.4 is 10.7 Å². The summed E-state index contributed by atoms with van der Waals surface area (Å²) in [4.78, 5) is 23.5. The van der Waals surface area contributed by atoms with Gasteiger partial charge in [-0.25, -0.2) is 14.6 Å². The lowest BCUT2D eigenvalue weighted by molar-refractivity contribution is 0.167. The number of carbonyl (C=O) groups excluding carboxylic acids is 1. The summed E-state index contributed by atoms with van der Waals surface area (Å²) in [6, 6.07) is 4.66. The molecule has 0 heterocycles. The number of carboxylic acid groups (broad SMARTS) is 1. The Morgan fingerprint density at radius 1 is 1.00 bits per heavy atom. The van der Waals surface area contributed by atoms with Crippen molar-refractivity contribution in [1.82, 2.24) is 5.01 Å². The summed E-state index contributed by atoms with van der Waals surface area (Å²) in [5.74, 6) is 0. The molecule has 1 rings (SSSR count). The van der Waals surface area contributed by atoms with Gasteiger partial charge in [-0.05, 0) is 43.5 Å². The SMILES string of the molecule is CCCCCCCCN(C(N)=O)N(C(=O)O)c1cc(C)cc(C)c1. The topological polar surface area (TPSA) is 86.9 Å². The maximum atomic E-state index is 11.8. The standard InChI is InChI=1S/C18H29N3O3/c1-4-5-6-7-8-9-10-20(17(19)22)21(18(23)24)16-12-14(2)11-15(3)13-16/h11-13H,4-10H2,1-3H3,(H2,19,22)(H,23,24). The fourth-order valence-electron chi connectivity index (χ4n) is 2.78. The molecule has 1 aromatic carbocycles. The molecule has 3 N–H and O–H groups in total. The number of unbranched alkanes of at least 4 members (excludes halogenated alkanes) is 5. The smallest absolute Gasteiger partial charge is 0.431 e. The Hall–Kier alpha value is -2.24. The molecule has 0 saturated heterocycles. The number of hydrazine groups is 1. The lowest BCUT2D eigenvalue weighted by Crippen LogP contribution is -2.52. The van der Waals surface area contributed by atoms with Crippen LogP contribution in [-0.2, 0) is 0 Å². The Bertz CT molecular complexity index is 540. The summed E-state index contributed by atoms with van der Waals surface area (Å²) in [7, 11) is 0. The summed E-state index contributed by atoms with van der Waals surface area (Å²) in [5.41, 5.74) is 7.73. The molecule has 0 spiro atoms. The van der Waals surface area contributed by atoms with Crippen molar-refractivity contribution in [2.24, 2.45) is 5.73 Å².